The monoisotopic (exact) mass is 245 g/mol. The number of nitrogens with zero attached hydrogens (tertiary/aromatic N) is 1. The zero-order valence-corrected chi connectivity index (χ0v) is 11.2. The first kappa shape index (κ1) is 12.3. The first-order valence-corrected chi connectivity index (χ1v) is 7.27. The van der Waals surface area contributed by atoms with Gasteiger partial charge in [-0.3, -0.25) is 4.98 Å². The summed E-state index contributed by atoms with van der Waals surface area (Å²) in [5.41, 5.74) is 2.46. The lowest BCUT2D eigenvalue weighted by atomic mass is 10.1. The largest absolute Gasteiger partial charge is 0.255 e. The molecule has 0 saturated carbocycles. The molecule has 0 fully saturated rings. The van der Waals surface area contributed by atoms with E-state index in [0.717, 1.165) is 12.1 Å². The molecule has 0 spiro atoms. The van der Waals surface area contributed by atoms with Gasteiger partial charge in [0.1, 0.15) is 0 Å². The first-order chi connectivity index (χ1) is 8.40. The predicted octanol–water partition coefficient (Wildman–Crippen LogP) is 4.93. The van der Waals surface area contributed by atoms with Crippen LogP contribution in [0.1, 0.15) is 38.2 Å². The first-order valence-electron chi connectivity index (χ1n) is 6.39. The van der Waals surface area contributed by atoms with Gasteiger partial charge in [0.15, 0.2) is 0 Å². The van der Waals surface area contributed by atoms with E-state index in [4.69, 9.17) is 0 Å². The second-order valence-corrected chi connectivity index (χ2v) is 5.29. The molecule has 0 radical (unpaired) electrons. The van der Waals surface area contributed by atoms with Crippen LogP contribution in [-0.2, 0) is 6.42 Å². The van der Waals surface area contributed by atoms with Crippen molar-refractivity contribution in [2.24, 2.45) is 0 Å². The van der Waals surface area contributed by atoms with Gasteiger partial charge >= 0.3 is 0 Å². The van der Waals surface area contributed by atoms with Crippen LogP contribution in [-0.4, -0.2) is 4.98 Å². The Morgan fingerprint density at radius 3 is 2.71 bits per heavy atom. The highest BCUT2D eigenvalue weighted by Gasteiger charge is 2.00. The number of unbranched alkanes of at least 4 members (excludes halogenated alkanes) is 3. The van der Waals surface area contributed by atoms with Crippen LogP contribution in [0.25, 0.3) is 10.6 Å². The van der Waals surface area contributed by atoms with Crippen molar-refractivity contribution < 1.29 is 0 Å². The third kappa shape index (κ3) is 3.67. The fraction of sp³-hybridized carbons (Fsp3) is 0.400. The molecule has 2 rings (SSSR count). The number of hydrogen-bond acceptors (Lipinski definition) is 2. The molecule has 2 heterocycles. The number of thiophene rings is 1. The Hall–Kier alpha value is -1.15. The summed E-state index contributed by atoms with van der Waals surface area (Å²) in [4.78, 5) is 5.78. The third-order valence-corrected chi connectivity index (χ3v) is 3.81. The summed E-state index contributed by atoms with van der Waals surface area (Å²) in [7, 11) is 0. The van der Waals surface area contributed by atoms with E-state index in [1.807, 2.05) is 6.20 Å². The zero-order valence-electron chi connectivity index (χ0n) is 10.4. The van der Waals surface area contributed by atoms with Gasteiger partial charge in [0.2, 0.25) is 0 Å². The molecular weight excluding hydrogens is 226 g/mol. The van der Waals surface area contributed by atoms with Gasteiger partial charge in [-0.15, -0.1) is 11.3 Å². The molecule has 0 atom stereocenters. The minimum absolute atomic E-state index is 1.09. The van der Waals surface area contributed by atoms with Crippen LogP contribution in [0.3, 0.4) is 0 Å². The minimum atomic E-state index is 1.09. The highest BCUT2D eigenvalue weighted by molar-refractivity contribution is 7.13. The molecule has 0 saturated heterocycles. The average molecular weight is 245 g/mol. The number of pyridine rings is 1. The van der Waals surface area contributed by atoms with E-state index in [-0.39, 0.29) is 0 Å². The number of aryl methyl sites for hydroxylation is 1. The highest BCUT2D eigenvalue weighted by Crippen LogP contribution is 2.22. The maximum absolute atomic E-state index is 4.53. The normalized spacial score (nSPS) is 10.6. The van der Waals surface area contributed by atoms with Crippen LogP contribution >= 0.6 is 11.3 Å². The summed E-state index contributed by atoms with van der Waals surface area (Å²) in [5.74, 6) is 0. The maximum atomic E-state index is 4.53. The summed E-state index contributed by atoms with van der Waals surface area (Å²) in [5, 5.41) is 2.09. The van der Waals surface area contributed by atoms with Gasteiger partial charge in [0.05, 0.1) is 10.6 Å². The lowest BCUT2D eigenvalue weighted by Crippen LogP contribution is -1.88. The van der Waals surface area contributed by atoms with E-state index in [1.165, 1.54) is 36.1 Å². The van der Waals surface area contributed by atoms with E-state index in [0.29, 0.717) is 0 Å². The van der Waals surface area contributed by atoms with Gasteiger partial charge in [-0.05, 0) is 35.9 Å². The second kappa shape index (κ2) is 6.55. The molecule has 0 amide bonds. The van der Waals surface area contributed by atoms with E-state index >= 15 is 0 Å². The summed E-state index contributed by atoms with van der Waals surface area (Å²) in [6, 6.07) is 8.54. The van der Waals surface area contributed by atoms with Crippen molar-refractivity contribution in [3.05, 3.63) is 41.4 Å². The molecule has 2 heteroatoms. The highest BCUT2D eigenvalue weighted by atomic mass is 32.1. The molecule has 0 bridgehead atoms. The molecule has 2 aromatic heterocycles. The van der Waals surface area contributed by atoms with Gasteiger partial charge < -0.3 is 0 Å². The molecule has 17 heavy (non-hydrogen) atoms. The van der Waals surface area contributed by atoms with Gasteiger partial charge in [-0.2, -0.15) is 0 Å². The standard InChI is InChI=1S/C15H19NS/c1-2-3-4-5-7-13-9-10-14(16-12-13)15-8-6-11-17-15/h6,8-12H,2-5,7H2,1H3. The molecule has 1 nitrogen and oxygen atoms in total. The predicted molar refractivity (Wildman–Crippen MR) is 75.4 cm³/mol. The molecule has 0 N–H and O–H groups in total. The van der Waals surface area contributed by atoms with Crippen molar-refractivity contribution in [2.75, 3.05) is 0 Å². The molecule has 0 aliphatic rings. The Balaban J connectivity index is 1.90. The number of rotatable bonds is 6. The van der Waals surface area contributed by atoms with E-state index in [2.05, 4.69) is 41.6 Å². The van der Waals surface area contributed by atoms with Crippen molar-refractivity contribution in [1.29, 1.82) is 0 Å². The third-order valence-electron chi connectivity index (χ3n) is 2.92. The van der Waals surface area contributed by atoms with Crippen LogP contribution in [0, 0.1) is 0 Å². The SMILES string of the molecule is CCCCCCc1ccc(-c2cccs2)nc1. The van der Waals surface area contributed by atoms with E-state index < -0.39 is 0 Å². The summed E-state index contributed by atoms with van der Waals surface area (Å²) in [6.07, 6.45) is 8.46. The summed E-state index contributed by atoms with van der Waals surface area (Å²) in [6.45, 7) is 2.25. The van der Waals surface area contributed by atoms with Crippen LogP contribution < -0.4 is 0 Å². The van der Waals surface area contributed by atoms with Gasteiger partial charge in [0, 0.05) is 6.20 Å². The van der Waals surface area contributed by atoms with Crippen molar-refractivity contribution in [3.63, 3.8) is 0 Å². The van der Waals surface area contributed by atoms with E-state index in [9.17, 15) is 0 Å². The Morgan fingerprint density at radius 2 is 2.06 bits per heavy atom. The molecule has 90 valence electrons. The van der Waals surface area contributed by atoms with Crippen LogP contribution in [0.2, 0.25) is 0 Å². The maximum Gasteiger partial charge on any atom is 0.0801 e. The lowest BCUT2D eigenvalue weighted by molar-refractivity contribution is 0.666. The number of aromatic nitrogens is 1. The van der Waals surface area contributed by atoms with E-state index in [1.54, 1.807) is 11.3 Å². The molecule has 0 aliphatic carbocycles. The van der Waals surface area contributed by atoms with Gasteiger partial charge in [-0.1, -0.05) is 38.3 Å². The average Bonchev–Trinajstić information content (AvgIpc) is 2.89. The molecule has 0 unspecified atom stereocenters. The van der Waals surface area contributed by atoms with Crippen molar-refractivity contribution in [2.45, 2.75) is 39.0 Å². The smallest absolute Gasteiger partial charge is 0.0801 e. The van der Waals surface area contributed by atoms with Crippen molar-refractivity contribution >= 4 is 11.3 Å². The van der Waals surface area contributed by atoms with Crippen molar-refractivity contribution in [1.82, 2.24) is 4.98 Å². The Bertz CT molecular complexity index is 417. The minimum Gasteiger partial charge on any atom is -0.255 e. The Labute approximate surface area is 108 Å². The van der Waals surface area contributed by atoms with Gasteiger partial charge in [0.25, 0.3) is 0 Å². The summed E-state index contributed by atoms with van der Waals surface area (Å²) >= 11 is 1.74. The Morgan fingerprint density at radius 1 is 1.12 bits per heavy atom. The fourth-order valence-corrected chi connectivity index (χ4v) is 2.60. The van der Waals surface area contributed by atoms with Crippen molar-refractivity contribution in [3.8, 4) is 10.6 Å². The Kier molecular flexibility index (Phi) is 4.75. The van der Waals surface area contributed by atoms with Crippen LogP contribution in [0.15, 0.2) is 35.8 Å². The quantitative estimate of drug-likeness (QED) is 0.657. The molecular formula is C15H19NS. The van der Waals surface area contributed by atoms with Crippen LogP contribution in [0.4, 0.5) is 0 Å². The fourth-order valence-electron chi connectivity index (χ4n) is 1.90. The molecule has 2 aromatic rings. The molecule has 0 aliphatic heterocycles. The summed E-state index contributed by atoms with van der Waals surface area (Å²) < 4.78 is 0. The second-order valence-electron chi connectivity index (χ2n) is 4.34. The molecule has 0 aromatic carbocycles. The lowest BCUT2D eigenvalue weighted by Gasteiger charge is -2.02. The number of hydrogen-bond donors (Lipinski definition) is 0. The topological polar surface area (TPSA) is 12.9 Å². The van der Waals surface area contributed by atoms with Crippen LogP contribution in [0.5, 0.6) is 0 Å². The van der Waals surface area contributed by atoms with Gasteiger partial charge in [-0.25, -0.2) is 0 Å². The zero-order chi connectivity index (χ0) is 11.9.